The molecule has 1 N–H and O–H groups in total. The summed E-state index contributed by atoms with van der Waals surface area (Å²) in [6, 6.07) is 6.50. The fraction of sp³-hybridized carbons (Fsp3) is 0.615. The predicted octanol–water partition coefficient (Wildman–Crippen LogP) is 2.04. The minimum Gasteiger partial charge on any atom is -0.352 e. The zero-order valence-corrected chi connectivity index (χ0v) is 20.8. The molecule has 180 valence electrons. The van der Waals surface area contributed by atoms with Gasteiger partial charge >= 0.3 is 0 Å². The summed E-state index contributed by atoms with van der Waals surface area (Å²) in [6.07, 6.45) is 4.81. The summed E-state index contributed by atoms with van der Waals surface area (Å²) in [5, 5.41) is 3.24. The van der Waals surface area contributed by atoms with Crippen LogP contribution >= 0.6 is 0 Å². The number of piperidine rings is 1. The van der Waals surface area contributed by atoms with Crippen molar-refractivity contribution in [2.45, 2.75) is 33.4 Å². The van der Waals surface area contributed by atoms with Gasteiger partial charge in [0, 0.05) is 71.8 Å². The maximum absolute atomic E-state index is 13.3. The highest BCUT2D eigenvalue weighted by Gasteiger charge is 2.33. The number of imidazole rings is 1. The number of nitrogens with zero attached hydrogens (tertiary/aromatic N) is 5. The van der Waals surface area contributed by atoms with Crippen LogP contribution in [0, 0.1) is 25.7 Å². The van der Waals surface area contributed by atoms with E-state index in [4.69, 9.17) is 0 Å². The van der Waals surface area contributed by atoms with E-state index in [1.807, 2.05) is 19.4 Å². The Morgan fingerprint density at radius 1 is 1.03 bits per heavy atom. The maximum Gasteiger partial charge on any atom is 0.224 e. The molecular weight excluding hydrogens is 412 g/mol. The largest absolute Gasteiger partial charge is 0.352 e. The van der Waals surface area contributed by atoms with Gasteiger partial charge in [0.2, 0.25) is 5.91 Å². The van der Waals surface area contributed by atoms with Crippen molar-refractivity contribution in [1.29, 1.82) is 0 Å². The number of piperazine rings is 1. The molecule has 0 bridgehead atoms. The number of likely N-dealkylation sites (N-methyl/N-ethyl adjacent to an activating group) is 1. The second-order valence-corrected chi connectivity index (χ2v) is 10.3. The number of aryl methyl sites for hydroxylation is 3. The number of hydrogen-bond acceptors (Lipinski definition) is 5. The van der Waals surface area contributed by atoms with Crippen molar-refractivity contribution in [3.63, 3.8) is 0 Å². The van der Waals surface area contributed by atoms with Gasteiger partial charge in [0.25, 0.3) is 0 Å². The molecule has 1 amide bonds. The number of nitrogens with one attached hydrogen (secondary N) is 1. The Labute approximate surface area is 198 Å². The van der Waals surface area contributed by atoms with E-state index in [1.165, 1.54) is 16.7 Å². The van der Waals surface area contributed by atoms with Crippen LogP contribution < -0.4 is 5.32 Å². The molecule has 33 heavy (non-hydrogen) atoms. The van der Waals surface area contributed by atoms with Crippen LogP contribution in [0.5, 0.6) is 0 Å². The summed E-state index contributed by atoms with van der Waals surface area (Å²) in [7, 11) is 4.24. The van der Waals surface area contributed by atoms with Gasteiger partial charge in [-0.3, -0.25) is 9.69 Å². The van der Waals surface area contributed by atoms with Gasteiger partial charge in [0.1, 0.15) is 5.82 Å². The van der Waals surface area contributed by atoms with Gasteiger partial charge in [-0.2, -0.15) is 0 Å². The molecule has 0 saturated carbocycles. The van der Waals surface area contributed by atoms with Gasteiger partial charge in [-0.1, -0.05) is 29.3 Å². The molecule has 2 atom stereocenters. The maximum atomic E-state index is 13.3. The smallest absolute Gasteiger partial charge is 0.224 e. The van der Waals surface area contributed by atoms with Crippen LogP contribution in [-0.2, 0) is 24.9 Å². The number of hydrogen-bond donors (Lipinski definition) is 1. The molecule has 2 aliphatic rings. The Bertz CT molecular complexity index is 912. The van der Waals surface area contributed by atoms with E-state index in [-0.39, 0.29) is 11.8 Å². The van der Waals surface area contributed by atoms with E-state index < -0.39 is 0 Å². The van der Waals surface area contributed by atoms with Crippen molar-refractivity contribution in [1.82, 2.24) is 29.6 Å². The van der Waals surface area contributed by atoms with Crippen LogP contribution in [0.3, 0.4) is 0 Å². The first-order valence-electron chi connectivity index (χ1n) is 12.3. The number of rotatable bonds is 7. The Morgan fingerprint density at radius 3 is 2.42 bits per heavy atom. The monoisotopic (exact) mass is 452 g/mol. The van der Waals surface area contributed by atoms with Crippen molar-refractivity contribution in [2.75, 3.05) is 52.9 Å². The van der Waals surface area contributed by atoms with Crippen molar-refractivity contribution in [2.24, 2.45) is 18.9 Å². The Morgan fingerprint density at radius 2 is 1.76 bits per heavy atom. The van der Waals surface area contributed by atoms with Gasteiger partial charge < -0.3 is 19.7 Å². The quantitative estimate of drug-likeness (QED) is 0.697. The van der Waals surface area contributed by atoms with E-state index in [0.717, 1.165) is 64.6 Å². The molecule has 7 heteroatoms. The van der Waals surface area contributed by atoms with Crippen LogP contribution in [0.2, 0.25) is 0 Å². The lowest BCUT2D eigenvalue weighted by molar-refractivity contribution is -0.128. The standard InChI is InChI=1S/C26H40N6O/c1-20-11-21(2)13-22(12-20)15-28-26(33)24-14-23(16-31-9-7-29(3)8-10-31)17-32(18-24)19-25-27-5-6-30(25)4/h5-6,11-13,23-24H,7-10,14-19H2,1-4H3,(H,28,33)/t23-,24-/m1/s1. The molecular formula is C26H40N6O. The molecule has 2 saturated heterocycles. The highest BCUT2D eigenvalue weighted by Crippen LogP contribution is 2.25. The molecule has 0 aliphatic carbocycles. The molecule has 2 fully saturated rings. The molecule has 0 unspecified atom stereocenters. The summed E-state index contributed by atoms with van der Waals surface area (Å²) < 4.78 is 2.08. The van der Waals surface area contributed by atoms with E-state index in [2.05, 4.69) is 68.7 Å². The summed E-state index contributed by atoms with van der Waals surface area (Å²) in [5.74, 6) is 1.76. The topological polar surface area (TPSA) is 56.6 Å². The van der Waals surface area contributed by atoms with Crippen LogP contribution in [-0.4, -0.2) is 83.0 Å². The molecule has 0 radical (unpaired) electrons. The SMILES string of the molecule is Cc1cc(C)cc(CNC(=O)[C@@H]2C[C@H](CN3CCN(C)CC3)CN(Cc3nccn3C)C2)c1. The summed E-state index contributed by atoms with van der Waals surface area (Å²) in [5.41, 5.74) is 3.66. The van der Waals surface area contributed by atoms with Crippen molar-refractivity contribution < 1.29 is 4.79 Å². The third-order valence-corrected chi connectivity index (χ3v) is 7.13. The fourth-order valence-electron chi connectivity index (χ4n) is 5.40. The molecule has 4 rings (SSSR count). The first-order valence-corrected chi connectivity index (χ1v) is 12.3. The fourth-order valence-corrected chi connectivity index (χ4v) is 5.40. The first kappa shape index (κ1) is 23.9. The lowest BCUT2D eigenvalue weighted by Crippen LogP contribution is -2.51. The van der Waals surface area contributed by atoms with Gasteiger partial charge in [0.05, 0.1) is 12.5 Å². The predicted molar refractivity (Wildman–Crippen MR) is 132 cm³/mol. The summed E-state index contributed by atoms with van der Waals surface area (Å²) in [6.45, 7) is 13.0. The summed E-state index contributed by atoms with van der Waals surface area (Å²) >= 11 is 0. The van der Waals surface area contributed by atoms with Crippen LogP contribution in [0.15, 0.2) is 30.6 Å². The van der Waals surface area contributed by atoms with Crippen LogP contribution in [0.1, 0.15) is 28.9 Å². The molecule has 1 aromatic heterocycles. The second kappa shape index (κ2) is 10.8. The van der Waals surface area contributed by atoms with E-state index in [9.17, 15) is 4.79 Å². The molecule has 1 aromatic carbocycles. The molecule has 2 aliphatic heterocycles. The van der Waals surface area contributed by atoms with Gasteiger partial charge in [-0.15, -0.1) is 0 Å². The van der Waals surface area contributed by atoms with Crippen LogP contribution in [0.4, 0.5) is 0 Å². The van der Waals surface area contributed by atoms with Crippen molar-refractivity contribution in [3.05, 3.63) is 53.1 Å². The second-order valence-electron chi connectivity index (χ2n) is 10.3. The van der Waals surface area contributed by atoms with Crippen molar-refractivity contribution in [3.8, 4) is 0 Å². The Hall–Kier alpha value is -2.22. The number of likely N-dealkylation sites (tertiary alicyclic amines) is 1. The number of benzene rings is 1. The van der Waals surface area contributed by atoms with E-state index >= 15 is 0 Å². The van der Waals surface area contributed by atoms with E-state index in [1.54, 1.807) is 0 Å². The molecule has 0 spiro atoms. The third-order valence-electron chi connectivity index (χ3n) is 7.13. The average molecular weight is 453 g/mol. The molecule has 3 heterocycles. The Balaban J connectivity index is 1.40. The van der Waals surface area contributed by atoms with Gasteiger partial charge in [-0.25, -0.2) is 4.98 Å². The van der Waals surface area contributed by atoms with E-state index in [0.29, 0.717) is 12.5 Å². The van der Waals surface area contributed by atoms with Gasteiger partial charge in [-0.05, 0) is 38.8 Å². The number of aromatic nitrogens is 2. The lowest BCUT2D eigenvalue weighted by Gasteiger charge is -2.40. The highest BCUT2D eigenvalue weighted by atomic mass is 16.1. The lowest BCUT2D eigenvalue weighted by atomic mass is 9.87. The minimum atomic E-state index is 0.0161. The molecule has 2 aromatic rings. The normalized spacial score (nSPS) is 23.0. The van der Waals surface area contributed by atoms with Gasteiger partial charge in [0.15, 0.2) is 0 Å². The zero-order chi connectivity index (χ0) is 23.4. The highest BCUT2D eigenvalue weighted by molar-refractivity contribution is 5.79. The minimum absolute atomic E-state index is 0.0161. The number of amides is 1. The van der Waals surface area contributed by atoms with Crippen molar-refractivity contribution >= 4 is 5.91 Å². The zero-order valence-electron chi connectivity index (χ0n) is 20.8. The number of carbonyl (C=O) groups is 1. The molecule has 7 nitrogen and oxygen atoms in total. The third kappa shape index (κ3) is 6.65. The van der Waals surface area contributed by atoms with Crippen LogP contribution in [0.25, 0.3) is 0 Å². The average Bonchev–Trinajstić information content (AvgIpc) is 3.17. The number of carbonyl (C=O) groups excluding carboxylic acids is 1. The summed E-state index contributed by atoms with van der Waals surface area (Å²) in [4.78, 5) is 25.2. The Kier molecular flexibility index (Phi) is 7.83. The first-order chi connectivity index (χ1) is 15.9.